The van der Waals surface area contributed by atoms with E-state index >= 15 is 0 Å². The van der Waals surface area contributed by atoms with E-state index in [4.69, 9.17) is 12.2 Å². The van der Waals surface area contributed by atoms with Crippen LogP contribution in [0.3, 0.4) is 0 Å². The van der Waals surface area contributed by atoms with Crippen molar-refractivity contribution in [2.45, 2.75) is 32.0 Å². The third-order valence-electron chi connectivity index (χ3n) is 3.26. The first-order valence-corrected chi connectivity index (χ1v) is 5.92. The van der Waals surface area contributed by atoms with E-state index in [9.17, 15) is 5.11 Å². The van der Waals surface area contributed by atoms with Crippen LogP contribution in [0, 0.1) is 0 Å². The lowest BCUT2D eigenvalue weighted by molar-refractivity contribution is -0.0743. The molecule has 0 aromatic heterocycles. The zero-order valence-electron chi connectivity index (χ0n) is 10.2. The largest absolute Gasteiger partial charge is 0.367 e. The number of hydrogen-bond acceptors (Lipinski definition) is 3. The first-order valence-electron chi connectivity index (χ1n) is 5.51. The Labute approximate surface area is 107 Å². The number of hydrogen-bond donors (Lipinski definition) is 3. The molecule has 1 aromatic carbocycles. The summed E-state index contributed by atoms with van der Waals surface area (Å²) in [5, 5.41) is 15.7. The first kappa shape index (κ1) is 12.1. The van der Waals surface area contributed by atoms with Crippen LogP contribution in [-0.4, -0.2) is 26.5 Å². The number of thiocarbonyl (C=S) groups is 1. The highest BCUT2D eigenvalue weighted by molar-refractivity contribution is 7.80. The molecular weight excluding hydrogens is 234 g/mol. The SMILES string of the molecule is CC1(C)NC(=S)N(Nc2ccccc2)C1(C)O. The summed E-state index contributed by atoms with van der Waals surface area (Å²) in [5.74, 6) is 0. The van der Waals surface area contributed by atoms with Gasteiger partial charge >= 0.3 is 0 Å². The second-order valence-corrected chi connectivity index (χ2v) is 5.28. The van der Waals surface area contributed by atoms with Gasteiger partial charge in [-0.15, -0.1) is 0 Å². The third kappa shape index (κ3) is 1.96. The van der Waals surface area contributed by atoms with Crippen LogP contribution in [0.25, 0.3) is 0 Å². The lowest BCUT2D eigenvalue weighted by Gasteiger charge is -2.37. The molecule has 2 rings (SSSR count). The molecule has 5 heteroatoms. The topological polar surface area (TPSA) is 47.5 Å². The molecule has 1 saturated heterocycles. The van der Waals surface area contributed by atoms with Gasteiger partial charge < -0.3 is 10.4 Å². The molecule has 0 amide bonds. The molecule has 1 aromatic rings. The Morgan fingerprint density at radius 2 is 1.82 bits per heavy atom. The Morgan fingerprint density at radius 3 is 2.29 bits per heavy atom. The number of rotatable bonds is 2. The van der Waals surface area contributed by atoms with Crippen molar-refractivity contribution < 1.29 is 5.11 Å². The molecule has 0 aliphatic carbocycles. The van der Waals surface area contributed by atoms with Gasteiger partial charge in [0.1, 0.15) is 0 Å². The van der Waals surface area contributed by atoms with Gasteiger partial charge in [-0.1, -0.05) is 18.2 Å². The number of hydrazine groups is 1. The van der Waals surface area contributed by atoms with Gasteiger partial charge in [-0.2, -0.15) is 0 Å². The van der Waals surface area contributed by atoms with Gasteiger partial charge in [0.25, 0.3) is 0 Å². The summed E-state index contributed by atoms with van der Waals surface area (Å²) in [7, 11) is 0. The smallest absolute Gasteiger partial charge is 0.191 e. The summed E-state index contributed by atoms with van der Waals surface area (Å²) in [6.45, 7) is 5.55. The zero-order chi connectivity index (χ0) is 12.7. The lowest BCUT2D eigenvalue weighted by Crippen LogP contribution is -2.56. The number of nitrogens with one attached hydrogen (secondary N) is 2. The van der Waals surface area contributed by atoms with Gasteiger partial charge in [0.05, 0.1) is 11.2 Å². The van der Waals surface area contributed by atoms with E-state index < -0.39 is 11.3 Å². The maximum atomic E-state index is 10.5. The van der Waals surface area contributed by atoms with Crippen molar-refractivity contribution in [3.8, 4) is 0 Å². The molecule has 1 fully saturated rings. The fourth-order valence-corrected chi connectivity index (χ4v) is 2.20. The van der Waals surface area contributed by atoms with Crippen LogP contribution >= 0.6 is 12.2 Å². The minimum absolute atomic E-state index is 0.490. The van der Waals surface area contributed by atoms with E-state index in [0.717, 1.165) is 5.69 Å². The fraction of sp³-hybridized carbons (Fsp3) is 0.417. The zero-order valence-corrected chi connectivity index (χ0v) is 11.0. The molecule has 1 atom stereocenters. The fourth-order valence-electron chi connectivity index (χ4n) is 1.72. The highest BCUT2D eigenvalue weighted by atomic mass is 32.1. The normalized spacial score (nSPS) is 26.8. The molecular formula is C12H17N3OS. The van der Waals surface area contributed by atoms with Crippen molar-refractivity contribution in [2.75, 3.05) is 5.43 Å². The van der Waals surface area contributed by atoms with Crippen LogP contribution in [0.2, 0.25) is 0 Å². The summed E-state index contributed by atoms with van der Waals surface area (Å²) in [4.78, 5) is 0. The van der Waals surface area contributed by atoms with Gasteiger partial charge in [0.2, 0.25) is 0 Å². The molecule has 3 N–H and O–H groups in total. The van der Waals surface area contributed by atoms with Gasteiger partial charge in [-0.05, 0) is 45.1 Å². The summed E-state index contributed by atoms with van der Waals surface area (Å²) < 4.78 is 0. The predicted molar refractivity (Wildman–Crippen MR) is 72.3 cm³/mol. The second kappa shape index (κ2) is 3.85. The van der Waals surface area contributed by atoms with Crippen molar-refractivity contribution >= 4 is 23.0 Å². The van der Waals surface area contributed by atoms with E-state index in [0.29, 0.717) is 5.11 Å². The van der Waals surface area contributed by atoms with Crippen LogP contribution < -0.4 is 10.7 Å². The molecule has 0 bridgehead atoms. The highest BCUT2D eigenvalue weighted by Gasteiger charge is 2.52. The van der Waals surface area contributed by atoms with Crippen molar-refractivity contribution in [3.05, 3.63) is 30.3 Å². The average Bonchev–Trinajstić information content (AvgIpc) is 2.39. The van der Waals surface area contributed by atoms with Gasteiger partial charge in [0, 0.05) is 0 Å². The Kier molecular flexibility index (Phi) is 2.75. The standard InChI is InChI=1S/C12H17N3OS/c1-11(2)12(3,16)15(10(17)13-11)14-9-7-5-4-6-8-9/h4-8,14,16H,1-3H3,(H,13,17). The first-order chi connectivity index (χ1) is 7.84. The molecule has 1 unspecified atom stereocenters. The number of nitrogens with zero attached hydrogens (tertiary/aromatic N) is 1. The van der Waals surface area contributed by atoms with Crippen molar-refractivity contribution in [1.29, 1.82) is 0 Å². The molecule has 4 nitrogen and oxygen atoms in total. The van der Waals surface area contributed by atoms with Crippen molar-refractivity contribution in [3.63, 3.8) is 0 Å². The quantitative estimate of drug-likeness (QED) is 0.698. The molecule has 1 aliphatic heterocycles. The van der Waals surface area contributed by atoms with Gasteiger partial charge in [-0.3, -0.25) is 5.43 Å². The summed E-state index contributed by atoms with van der Waals surface area (Å²) >= 11 is 5.23. The molecule has 0 saturated carbocycles. The van der Waals surface area contributed by atoms with E-state index in [1.165, 1.54) is 0 Å². The Balaban J connectivity index is 2.25. The lowest BCUT2D eigenvalue weighted by atomic mass is 9.94. The molecule has 1 aliphatic rings. The molecule has 17 heavy (non-hydrogen) atoms. The predicted octanol–water partition coefficient (Wildman–Crippen LogP) is 1.69. The number of benzene rings is 1. The van der Waals surface area contributed by atoms with Crippen molar-refractivity contribution in [1.82, 2.24) is 10.3 Å². The van der Waals surface area contributed by atoms with Gasteiger partial charge in [-0.25, -0.2) is 5.01 Å². The Hall–Kier alpha value is -1.33. The Bertz CT molecular complexity index is 431. The minimum Gasteiger partial charge on any atom is -0.367 e. The summed E-state index contributed by atoms with van der Waals surface area (Å²) in [6.07, 6.45) is 0. The third-order valence-corrected chi connectivity index (χ3v) is 3.54. The molecule has 1 heterocycles. The van der Waals surface area contributed by atoms with Crippen LogP contribution in [-0.2, 0) is 0 Å². The molecule has 92 valence electrons. The van der Waals surface area contributed by atoms with Crippen molar-refractivity contribution in [2.24, 2.45) is 0 Å². The van der Waals surface area contributed by atoms with E-state index in [2.05, 4.69) is 10.7 Å². The monoisotopic (exact) mass is 251 g/mol. The minimum atomic E-state index is -1.10. The van der Waals surface area contributed by atoms with E-state index in [1.807, 2.05) is 44.2 Å². The van der Waals surface area contributed by atoms with Crippen LogP contribution in [0.15, 0.2) is 30.3 Å². The van der Waals surface area contributed by atoms with Crippen LogP contribution in [0.1, 0.15) is 20.8 Å². The van der Waals surface area contributed by atoms with E-state index in [-0.39, 0.29) is 0 Å². The number of aliphatic hydroxyl groups is 1. The Morgan fingerprint density at radius 1 is 1.24 bits per heavy atom. The van der Waals surface area contributed by atoms with E-state index in [1.54, 1.807) is 11.9 Å². The average molecular weight is 251 g/mol. The molecule has 0 radical (unpaired) electrons. The summed E-state index contributed by atoms with van der Waals surface area (Å²) in [5.41, 5.74) is 2.39. The van der Waals surface area contributed by atoms with Gasteiger partial charge in [0.15, 0.2) is 10.8 Å². The maximum Gasteiger partial charge on any atom is 0.191 e. The van der Waals surface area contributed by atoms with Crippen LogP contribution in [0.4, 0.5) is 5.69 Å². The number of anilines is 1. The summed E-state index contributed by atoms with van der Waals surface area (Å²) in [6, 6.07) is 9.63. The molecule has 0 spiro atoms. The maximum absolute atomic E-state index is 10.5. The van der Waals surface area contributed by atoms with Crippen LogP contribution in [0.5, 0.6) is 0 Å². The number of para-hydroxylation sites is 1. The second-order valence-electron chi connectivity index (χ2n) is 4.89. The highest BCUT2D eigenvalue weighted by Crippen LogP contribution is 2.32.